The number of nitrogens with zero attached hydrogens (tertiary/aromatic N) is 1. The molecule has 1 spiro atoms. The molecular formula is C11H23N2+. The van der Waals surface area contributed by atoms with E-state index in [1.54, 1.807) is 0 Å². The Hall–Kier alpha value is -0.0800. The molecule has 0 atom stereocenters. The Bertz CT molecular complexity index is 151. The van der Waals surface area contributed by atoms with Gasteiger partial charge in [0.15, 0.2) is 0 Å². The van der Waals surface area contributed by atoms with Gasteiger partial charge in [0.1, 0.15) is 0 Å². The summed E-state index contributed by atoms with van der Waals surface area (Å²) in [6.07, 6.45) is 5.89. The highest BCUT2D eigenvalue weighted by Gasteiger charge is 2.36. The molecule has 13 heavy (non-hydrogen) atoms. The molecular weight excluding hydrogens is 160 g/mol. The van der Waals surface area contributed by atoms with Crippen LogP contribution in [0.5, 0.6) is 0 Å². The SMILES string of the molecule is CCN1CCC2(CC[NH2+]CC2)CC1. The summed E-state index contributed by atoms with van der Waals surface area (Å²) >= 11 is 0. The van der Waals surface area contributed by atoms with Crippen molar-refractivity contribution in [1.29, 1.82) is 0 Å². The molecule has 2 rings (SSSR count). The van der Waals surface area contributed by atoms with Crippen molar-refractivity contribution in [2.75, 3.05) is 32.7 Å². The van der Waals surface area contributed by atoms with Crippen molar-refractivity contribution >= 4 is 0 Å². The van der Waals surface area contributed by atoms with Crippen molar-refractivity contribution in [2.45, 2.75) is 32.6 Å². The zero-order valence-electron chi connectivity index (χ0n) is 8.89. The van der Waals surface area contributed by atoms with Gasteiger partial charge in [-0.1, -0.05) is 6.92 Å². The van der Waals surface area contributed by atoms with E-state index in [4.69, 9.17) is 0 Å². The minimum absolute atomic E-state index is 0.764. The van der Waals surface area contributed by atoms with Gasteiger partial charge in [0, 0.05) is 12.8 Å². The molecule has 2 heteroatoms. The van der Waals surface area contributed by atoms with E-state index in [-0.39, 0.29) is 0 Å². The van der Waals surface area contributed by atoms with Gasteiger partial charge in [0.25, 0.3) is 0 Å². The molecule has 0 aromatic heterocycles. The number of nitrogens with two attached hydrogens (primary N) is 1. The third-order valence-electron chi connectivity index (χ3n) is 4.12. The Kier molecular flexibility index (Phi) is 2.89. The summed E-state index contributed by atoms with van der Waals surface area (Å²) in [5.74, 6) is 0. The van der Waals surface area contributed by atoms with E-state index in [0.29, 0.717) is 0 Å². The van der Waals surface area contributed by atoms with Gasteiger partial charge in [-0.3, -0.25) is 0 Å². The topological polar surface area (TPSA) is 19.9 Å². The molecule has 0 aliphatic carbocycles. The van der Waals surface area contributed by atoms with Crippen LogP contribution in [0.15, 0.2) is 0 Å². The summed E-state index contributed by atoms with van der Waals surface area (Å²) < 4.78 is 0. The monoisotopic (exact) mass is 183 g/mol. The van der Waals surface area contributed by atoms with E-state index in [0.717, 1.165) is 5.41 Å². The van der Waals surface area contributed by atoms with E-state index in [1.165, 1.54) is 58.4 Å². The maximum Gasteiger partial charge on any atom is 0.0760 e. The van der Waals surface area contributed by atoms with Crippen molar-refractivity contribution in [2.24, 2.45) is 5.41 Å². The molecule has 0 radical (unpaired) electrons. The van der Waals surface area contributed by atoms with Gasteiger partial charge in [-0.15, -0.1) is 0 Å². The molecule has 0 saturated carbocycles. The second-order valence-electron chi connectivity index (χ2n) is 4.80. The molecule has 2 aliphatic rings. The molecule has 0 bridgehead atoms. The van der Waals surface area contributed by atoms with Gasteiger partial charge in [0.05, 0.1) is 13.1 Å². The zero-order chi connectivity index (χ0) is 9.15. The molecule has 0 aromatic rings. The first-order chi connectivity index (χ1) is 6.35. The van der Waals surface area contributed by atoms with E-state index < -0.39 is 0 Å². The average Bonchev–Trinajstić information content (AvgIpc) is 2.20. The molecule has 2 saturated heterocycles. The van der Waals surface area contributed by atoms with Crippen LogP contribution < -0.4 is 5.32 Å². The summed E-state index contributed by atoms with van der Waals surface area (Å²) in [7, 11) is 0. The van der Waals surface area contributed by atoms with Gasteiger partial charge in [-0.25, -0.2) is 0 Å². The summed E-state index contributed by atoms with van der Waals surface area (Å²) in [5, 5.41) is 2.48. The number of piperidine rings is 2. The van der Waals surface area contributed by atoms with Crippen molar-refractivity contribution in [3.8, 4) is 0 Å². The number of rotatable bonds is 1. The molecule has 0 aromatic carbocycles. The minimum atomic E-state index is 0.764. The third-order valence-corrected chi connectivity index (χ3v) is 4.12. The Labute approximate surface area is 81.7 Å². The second kappa shape index (κ2) is 3.97. The third kappa shape index (κ3) is 2.05. The van der Waals surface area contributed by atoms with Crippen molar-refractivity contribution < 1.29 is 5.32 Å². The van der Waals surface area contributed by atoms with Gasteiger partial charge in [-0.2, -0.15) is 0 Å². The first-order valence-electron chi connectivity index (χ1n) is 5.89. The summed E-state index contributed by atoms with van der Waals surface area (Å²) in [6, 6.07) is 0. The normalized spacial score (nSPS) is 29.3. The highest BCUT2D eigenvalue weighted by atomic mass is 15.1. The Balaban J connectivity index is 1.87. The van der Waals surface area contributed by atoms with Crippen LogP contribution in [0.4, 0.5) is 0 Å². The van der Waals surface area contributed by atoms with E-state index in [9.17, 15) is 0 Å². The van der Waals surface area contributed by atoms with Crippen LogP contribution in [0.25, 0.3) is 0 Å². The predicted molar refractivity (Wildman–Crippen MR) is 54.7 cm³/mol. The standard InChI is InChI=1S/C11H22N2/c1-2-13-9-5-11(6-10-13)3-7-12-8-4-11/h12H,2-10H2,1H3/p+1. The van der Waals surface area contributed by atoms with Gasteiger partial charge in [-0.05, 0) is 37.9 Å². The lowest BCUT2D eigenvalue weighted by molar-refractivity contribution is -0.668. The Morgan fingerprint density at radius 1 is 1.08 bits per heavy atom. The quantitative estimate of drug-likeness (QED) is 0.625. The molecule has 2 N–H and O–H groups in total. The maximum atomic E-state index is 2.60. The molecule has 0 unspecified atom stereocenters. The van der Waals surface area contributed by atoms with Crippen molar-refractivity contribution in [3.63, 3.8) is 0 Å². The van der Waals surface area contributed by atoms with Gasteiger partial charge < -0.3 is 10.2 Å². The minimum Gasteiger partial charge on any atom is -0.346 e. The number of likely N-dealkylation sites (tertiary alicyclic amines) is 1. The van der Waals surface area contributed by atoms with Crippen LogP contribution in [-0.4, -0.2) is 37.6 Å². The predicted octanol–water partition coefficient (Wildman–Crippen LogP) is 0.446. The maximum absolute atomic E-state index is 2.60. The van der Waals surface area contributed by atoms with Gasteiger partial charge in [0.2, 0.25) is 0 Å². The average molecular weight is 183 g/mol. The fourth-order valence-corrected chi connectivity index (χ4v) is 2.93. The lowest BCUT2D eigenvalue weighted by Crippen LogP contribution is -2.87. The first kappa shape index (κ1) is 9.47. The Morgan fingerprint density at radius 2 is 1.69 bits per heavy atom. The highest BCUT2D eigenvalue weighted by Crippen LogP contribution is 2.38. The van der Waals surface area contributed by atoms with Crippen LogP contribution in [-0.2, 0) is 0 Å². The molecule has 2 fully saturated rings. The lowest BCUT2D eigenvalue weighted by Gasteiger charge is -2.43. The smallest absolute Gasteiger partial charge is 0.0760 e. The molecule has 2 heterocycles. The van der Waals surface area contributed by atoms with Crippen molar-refractivity contribution in [3.05, 3.63) is 0 Å². The van der Waals surface area contributed by atoms with Crippen molar-refractivity contribution in [1.82, 2.24) is 4.90 Å². The summed E-state index contributed by atoms with van der Waals surface area (Å²) in [5.41, 5.74) is 0.764. The van der Waals surface area contributed by atoms with Gasteiger partial charge >= 0.3 is 0 Å². The summed E-state index contributed by atoms with van der Waals surface area (Å²) in [4.78, 5) is 2.60. The van der Waals surface area contributed by atoms with E-state index >= 15 is 0 Å². The first-order valence-corrected chi connectivity index (χ1v) is 5.89. The Morgan fingerprint density at radius 3 is 2.23 bits per heavy atom. The molecule has 76 valence electrons. The molecule has 2 nitrogen and oxygen atoms in total. The van der Waals surface area contributed by atoms with Crippen LogP contribution in [0.2, 0.25) is 0 Å². The lowest BCUT2D eigenvalue weighted by atomic mass is 9.71. The molecule has 0 amide bonds. The van der Waals surface area contributed by atoms with E-state index in [2.05, 4.69) is 17.1 Å². The fourth-order valence-electron chi connectivity index (χ4n) is 2.93. The van der Waals surface area contributed by atoms with Crippen LogP contribution in [0.3, 0.4) is 0 Å². The molecule has 2 aliphatic heterocycles. The number of hydrogen-bond acceptors (Lipinski definition) is 1. The van der Waals surface area contributed by atoms with E-state index in [1.807, 2.05) is 0 Å². The summed E-state index contributed by atoms with van der Waals surface area (Å²) in [6.45, 7) is 9.01. The highest BCUT2D eigenvalue weighted by molar-refractivity contribution is 4.86. The largest absolute Gasteiger partial charge is 0.346 e. The van der Waals surface area contributed by atoms with Crippen LogP contribution in [0.1, 0.15) is 32.6 Å². The fraction of sp³-hybridized carbons (Fsp3) is 1.00. The number of quaternary nitrogens is 1. The van der Waals surface area contributed by atoms with Crippen LogP contribution >= 0.6 is 0 Å². The second-order valence-corrected chi connectivity index (χ2v) is 4.80. The number of hydrogen-bond donors (Lipinski definition) is 1. The van der Waals surface area contributed by atoms with Crippen LogP contribution in [0, 0.1) is 5.41 Å². The zero-order valence-corrected chi connectivity index (χ0v) is 8.89.